The lowest BCUT2D eigenvalue weighted by molar-refractivity contribution is -0.228. The number of rotatable bonds is 7. The van der Waals surface area contributed by atoms with Crippen LogP contribution in [0.2, 0.25) is 0 Å². The standard InChI is InChI=1S/C28H38F2O6/c1-5-6-7-8-23(35)36-28(22(34)15-31)16(2)13-19-17-9-10-18-24(29)20(32)11-12-25(18,3)27(17,30)21(33)14-26(19,28)4/h11-12,16-17,19,21,31,33H,5-10,13-15H2,1-4H3/t16-,17-,19-,21-,25-,26-,27-,28+/m0/s1. The Labute approximate surface area is 211 Å². The molecule has 0 aromatic rings. The van der Waals surface area contributed by atoms with Crippen LogP contribution in [0, 0.1) is 28.6 Å². The largest absolute Gasteiger partial charge is 0.450 e. The van der Waals surface area contributed by atoms with E-state index in [1.807, 2.05) is 6.92 Å². The first-order chi connectivity index (χ1) is 16.8. The Balaban J connectivity index is 1.78. The van der Waals surface area contributed by atoms with Gasteiger partial charge in [-0.2, -0.15) is 0 Å². The SMILES string of the molecule is CCCCCC(=O)O[C@@]1(C(=O)CO)[C@@H](C)C[C@H]2[C@@H]3CCC4=C(F)C(=O)C=C[C@]4(C)[C@@]3(F)[C@@H](O)C[C@@]21C. The number of unbranched alkanes of at least 4 members (excludes halogenated alkanes) is 2. The number of fused-ring (bicyclic) bond motifs is 5. The van der Waals surface area contributed by atoms with Gasteiger partial charge >= 0.3 is 5.97 Å². The number of carbonyl (C=O) groups is 3. The summed E-state index contributed by atoms with van der Waals surface area (Å²) >= 11 is 0. The van der Waals surface area contributed by atoms with Gasteiger partial charge in [0.1, 0.15) is 6.61 Å². The molecule has 36 heavy (non-hydrogen) atoms. The fraction of sp³-hybridized carbons (Fsp3) is 0.750. The van der Waals surface area contributed by atoms with E-state index in [2.05, 4.69) is 0 Å². The summed E-state index contributed by atoms with van der Waals surface area (Å²) in [6.45, 7) is 6.23. The predicted molar refractivity (Wildman–Crippen MR) is 128 cm³/mol. The molecular formula is C28H38F2O6. The number of ether oxygens (including phenoxy) is 1. The van der Waals surface area contributed by atoms with Crippen LogP contribution in [-0.2, 0) is 19.1 Å². The molecule has 4 aliphatic carbocycles. The Bertz CT molecular complexity index is 1020. The smallest absolute Gasteiger partial charge is 0.306 e. The minimum Gasteiger partial charge on any atom is -0.450 e. The van der Waals surface area contributed by atoms with Crippen LogP contribution in [0.25, 0.3) is 0 Å². The van der Waals surface area contributed by atoms with Crippen LogP contribution >= 0.6 is 0 Å². The molecule has 6 nitrogen and oxygen atoms in total. The van der Waals surface area contributed by atoms with Gasteiger partial charge in [-0.15, -0.1) is 0 Å². The zero-order valence-corrected chi connectivity index (χ0v) is 21.6. The number of alkyl halides is 1. The van der Waals surface area contributed by atoms with Gasteiger partial charge in [-0.3, -0.25) is 14.4 Å². The van der Waals surface area contributed by atoms with Crippen molar-refractivity contribution in [3.63, 3.8) is 0 Å². The Morgan fingerprint density at radius 2 is 1.92 bits per heavy atom. The Hall–Kier alpha value is -1.93. The first-order valence-electron chi connectivity index (χ1n) is 13.2. The normalized spacial score (nSPS) is 43.6. The highest BCUT2D eigenvalue weighted by Crippen LogP contribution is 2.71. The lowest BCUT2D eigenvalue weighted by Gasteiger charge is -2.62. The number of aliphatic hydroxyl groups is 2. The number of hydrogen-bond acceptors (Lipinski definition) is 6. The van der Waals surface area contributed by atoms with Gasteiger partial charge in [0.15, 0.2) is 17.1 Å². The maximum atomic E-state index is 17.3. The highest BCUT2D eigenvalue weighted by atomic mass is 19.1. The third kappa shape index (κ3) is 3.35. The van der Waals surface area contributed by atoms with Gasteiger partial charge in [-0.05, 0) is 56.6 Å². The molecule has 8 atom stereocenters. The topological polar surface area (TPSA) is 101 Å². The van der Waals surface area contributed by atoms with Crippen molar-refractivity contribution in [3.8, 4) is 0 Å². The molecule has 200 valence electrons. The van der Waals surface area contributed by atoms with Crippen molar-refractivity contribution in [2.45, 2.75) is 96.4 Å². The molecule has 0 spiro atoms. The minimum absolute atomic E-state index is 0.0718. The summed E-state index contributed by atoms with van der Waals surface area (Å²) in [7, 11) is 0. The van der Waals surface area contributed by atoms with Gasteiger partial charge < -0.3 is 14.9 Å². The lowest BCUT2D eigenvalue weighted by atomic mass is 9.44. The van der Waals surface area contributed by atoms with Crippen LogP contribution in [-0.4, -0.2) is 51.7 Å². The average molecular weight is 509 g/mol. The number of Topliss-reactive ketones (excluding diaryl/α,β-unsaturated/α-hetero) is 1. The van der Waals surface area contributed by atoms with E-state index in [9.17, 15) is 29.0 Å². The number of ketones is 2. The molecule has 8 heteroatoms. The molecule has 0 aromatic carbocycles. The van der Waals surface area contributed by atoms with E-state index in [-0.39, 0.29) is 31.3 Å². The van der Waals surface area contributed by atoms with Crippen molar-refractivity contribution >= 4 is 17.5 Å². The summed E-state index contributed by atoms with van der Waals surface area (Å²) in [5, 5.41) is 21.4. The van der Waals surface area contributed by atoms with E-state index in [1.165, 1.54) is 13.0 Å². The quantitative estimate of drug-likeness (QED) is 0.392. The van der Waals surface area contributed by atoms with E-state index in [4.69, 9.17) is 4.74 Å². The number of allylic oxidation sites excluding steroid dienone is 4. The molecule has 3 fully saturated rings. The monoisotopic (exact) mass is 508 g/mol. The fourth-order valence-electron chi connectivity index (χ4n) is 8.34. The van der Waals surface area contributed by atoms with Crippen molar-refractivity contribution < 1.29 is 38.1 Å². The lowest BCUT2D eigenvalue weighted by Crippen LogP contribution is -2.70. The molecule has 0 radical (unpaired) electrons. The molecule has 0 amide bonds. The van der Waals surface area contributed by atoms with Crippen LogP contribution in [0.1, 0.15) is 79.1 Å². The van der Waals surface area contributed by atoms with E-state index < -0.39 is 75.9 Å². The molecule has 0 bridgehead atoms. The Morgan fingerprint density at radius 3 is 2.56 bits per heavy atom. The number of esters is 1. The van der Waals surface area contributed by atoms with E-state index in [0.29, 0.717) is 12.8 Å². The van der Waals surface area contributed by atoms with Crippen LogP contribution < -0.4 is 0 Å². The van der Waals surface area contributed by atoms with Crippen molar-refractivity contribution in [3.05, 3.63) is 23.6 Å². The van der Waals surface area contributed by atoms with Crippen LogP contribution in [0.15, 0.2) is 23.6 Å². The second kappa shape index (κ2) is 9.12. The predicted octanol–water partition coefficient (Wildman–Crippen LogP) is 4.32. The second-order valence-electron chi connectivity index (χ2n) is 11.7. The number of hydrogen-bond donors (Lipinski definition) is 2. The van der Waals surface area contributed by atoms with Crippen molar-refractivity contribution in [2.75, 3.05) is 6.61 Å². The highest BCUT2D eigenvalue weighted by molar-refractivity contribution is 6.04. The molecule has 2 N–H and O–H groups in total. The molecule has 0 unspecified atom stereocenters. The Kier molecular flexibility index (Phi) is 6.87. The minimum atomic E-state index is -2.28. The average Bonchev–Trinajstić information content (AvgIpc) is 3.04. The third-order valence-electron chi connectivity index (χ3n) is 10.1. The third-order valence-corrected chi connectivity index (χ3v) is 10.1. The summed E-state index contributed by atoms with van der Waals surface area (Å²) in [5.41, 5.74) is -6.54. The number of aliphatic hydroxyl groups excluding tert-OH is 2. The summed E-state index contributed by atoms with van der Waals surface area (Å²) in [6, 6.07) is 0. The molecule has 0 heterocycles. The zero-order chi connectivity index (χ0) is 26.7. The van der Waals surface area contributed by atoms with E-state index in [1.54, 1.807) is 13.8 Å². The van der Waals surface area contributed by atoms with Gasteiger partial charge in [0.25, 0.3) is 0 Å². The summed E-state index contributed by atoms with van der Waals surface area (Å²) in [6.07, 6.45) is 3.79. The molecule has 3 saturated carbocycles. The zero-order valence-electron chi connectivity index (χ0n) is 21.6. The highest BCUT2D eigenvalue weighted by Gasteiger charge is 2.77. The fourth-order valence-corrected chi connectivity index (χ4v) is 8.34. The summed E-state index contributed by atoms with van der Waals surface area (Å²) in [5.74, 6) is -4.67. The number of carbonyl (C=O) groups excluding carboxylic acids is 3. The molecular weight excluding hydrogens is 470 g/mol. The molecule has 0 aromatic heterocycles. The second-order valence-corrected chi connectivity index (χ2v) is 11.7. The molecule has 0 saturated heterocycles. The number of halogens is 2. The van der Waals surface area contributed by atoms with Gasteiger partial charge in [-0.25, -0.2) is 8.78 Å². The maximum absolute atomic E-state index is 17.3. The van der Waals surface area contributed by atoms with Crippen LogP contribution in [0.4, 0.5) is 8.78 Å². The first-order valence-corrected chi connectivity index (χ1v) is 13.2. The van der Waals surface area contributed by atoms with E-state index in [0.717, 1.165) is 18.9 Å². The summed E-state index contributed by atoms with van der Waals surface area (Å²) in [4.78, 5) is 38.3. The van der Waals surface area contributed by atoms with Gasteiger partial charge in [0, 0.05) is 29.1 Å². The van der Waals surface area contributed by atoms with Crippen molar-refractivity contribution in [1.82, 2.24) is 0 Å². The summed E-state index contributed by atoms with van der Waals surface area (Å²) < 4.78 is 38.2. The Morgan fingerprint density at radius 1 is 1.22 bits per heavy atom. The molecule has 4 rings (SSSR count). The maximum Gasteiger partial charge on any atom is 0.306 e. The molecule has 0 aliphatic heterocycles. The van der Waals surface area contributed by atoms with Gasteiger partial charge in [-0.1, -0.05) is 39.7 Å². The van der Waals surface area contributed by atoms with Gasteiger partial charge in [0.2, 0.25) is 11.6 Å². The van der Waals surface area contributed by atoms with E-state index >= 15 is 4.39 Å². The van der Waals surface area contributed by atoms with Crippen LogP contribution in [0.3, 0.4) is 0 Å². The van der Waals surface area contributed by atoms with Crippen molar-refractivity contribution in [1.29, 1.82) is 0 Å². The van der Waals surface area contributed by atoms with Crippen LogP contribution in [0.5, 0.6) is 0 Å². The van der Waals surface area contributed by atoms with Crippen molar-refractivity contribution in [2.24, 2.45) is 28.6 Å². The molecule has 4 aliphatic rings. The van der Waals surface area contributed by atoms with Gasteiger partial charge in [0.05, 0.1) is 6.10 Å². The first kappa shape index (κ1) is 27.1.